The highest BCUT2D eigenvalue weighted by Crippen LogP contribution is 2.48. The van der Waals surface area contributed by atoms with Crippen LogP contribution in [0.1, 0.15) is 29.9 Å². The lowest BCUT2D eigenvalue weighted by molar-refractivity contribution is 0.0354. The Bertz CT molecular complexity index is 867. The highest BCUT2D eigenvalue weighted by atomic mass is 16.5. The number of pyridine rings is 1. The molecule has 0 saturated carbocycles. The number of piperidine rings is 3. The van der Waals surface area contributed by atoms with Crippen LogP contribution < -0.4 is 9.64 Å². The Kier molecular flexibility index (Phi) is 4.02. The highest BCUT2D eigenvalue weighted by Gasteiger charge is 2.54. The fourth-order valence-electron chi connectivity index (χ4n) is 5.52. The van der Waals surface area contributed by atoms with Gasteiger partial charge in [0.05, 0.1) is 12.7 Å². The second-order valence-corrected chi connectivity index (χ2v) is 7.87. The van der Waals surface area contributed by atoms with E-state index in [0.717, 1.165) is 18.1 Å². The molecule has 27 heavy (non-hydrogen) atoms. The maximum Gasteiger partial charge on any atom is 0.146 e. The van der Waals surface area contributed by atoms with Crippen molar-refractivity contribution >= 4 is 5.82 Å². The molecule has 4 saturated heterocycles. The second kappa shape index (κ2) is 6.54. The maximum atomic E-state index is 9.61. The van der Waals surface area contributed by atoms with E-state index >= 15 is 0 Å². The summed E-state index contributed by atoms with van der Waals surface area (Å²) in [4.78, 5) is 9.74. The molecule has 4 fully saturated rings. The number of rotatable bonds is 3. The fraction of sp³-hybridized carbons (Fsp3) is 0.455. The van der Waals surface area contributed by atoms with Crippen LogP contribution in [0.4, 0.5) is 5.82 Å². The molecule has 4 aliphatic heterocycles. The summed E-state index contributed by atoms with van der Waals surface area (Å²) in [5.74, 6) is 2.88. The van der Waals surface area contributed by atoms with Gasteiger partial charge in [-0.15, -0.1) is 0 Å². The van der Waals surface area contributed by atoms with Gasteiger partial charge < -0.3 is 9.64 Å². The minimum Gasteiger partial charge on any atom is -0.497 e. The molecule has 0 amide bonds. The maximum absolute atomic E-state index is 9.61. The number of ether oxygens (including phenoxy) is 1. The number of anilines is 1. The first-order valence-corrected chi connectivity index (χ1v) is 9.80. The molecule has 5 heteroatoms. The highest BCUT2D eigenvalue weighted by molar-refractivity contribution is 5.57. The van der Waals surface area contributed by atoms with Gasteiger partial charge in [-0.1, -0.05) is 12.1 Å². The molecule has 138 valence electrons. The van der Waals surface area contributed by atoms with Crippen molar-refractivity contribution < 1.29 is 4.74 Å². The third-order valence-electron chi connectivity index (χ3n) is 6.72. The van der Waals surface area contributed by atoms with Crippen LogP contribution in [0.2, 0.25) is 0 Å². The van der Waals surface area contributed by atoms with Crippen LogP contribution in [0.15, 0.2) is 42.6 Å². The van der Waals surface area contributed by atoms with Gasteiger partial charge in [-0.3, -0.25) is 4.90 Å². The fourth-order valence-corrected chi connectivity index (χ4v) is 5.52. The van der Waals surface area contributed by atoms with Gasteiger partial charge in [-0.2, -0.15) is 5.26 Å². The van der Waals surface area contributed by atoms with E-state index in [1.54, 1.807) is 7.11 Å². The Hall–Kier alpha value is -2.58. The average Bonchev–Trinajstić information content (AvgIpc) is 3.17. The zero-order valence-corrected chi connectivity index (χ0v) is 15.6. The van der Waals surface area contributed by atoms with Gasteiger partial charge >= 0.3 is 0 Å². The van der Waals surface area contributed by atoms with Crippen LogP contribution in [-0.4, -0.2) is 48.7 Å². The lowest BCUT2D eigenvalue weighted by Crippen LogP contribution is -2.60. The number of nitrogens with zero attached hydrogens (tertiary/aromatic N) is 4. The zero-order valence-electron chi connectivity index (χ0n) is 15.6. The number of methoxy groups -OCH3 is 1. The van der Waals surface area contributed by atoms with E-state index in [9.17, 15) is 5.26 Å². The first-order valence-electron chi connectivity index (χ1n) is 9.80. The molecule has 1 aromatic carbocycles. The third-order valence-corrected chi connectivity index (χ3v) is 6.72. The van der Waals surface area contributed by atoms with Gasteiger partial charge in [0.1, 0.15) is 17.6 Å². The first kappa shape index (κ1) is 16.6. The molecule has 1 aromatic heterocycles. The minimum atomic E-state index is 0.428. The SMILES string of the molecule is COc1ccc([C@@H]2CN(c3ncccc3C#N)[C@@H]3C4CCN(CC4)[C@@H]32)cc1. The Labute approximate surface area is 160 Å². The van der Waals surface area contributed by atoms with Crippen LogP contribution in [0.5, 0.6) is 5.75 Å². The molecule has 4 aliphatic rings. The summed E-state index contributed by atoms with van der Waals surface area (Å²) < 4.78 is 5.34. The van der Waals surface area contributed by atoms with Crippen molar-refractivity contribution in [1.29, 1.82) is 5.26 Å². The molecular formula is C22H24N4O. The van der Waals surface area contributed by atoms with E-state index < -0.39 is 0 Å². The van der Waals surface area contributed by atoms with Crippen LogP contribution in [-0.2, 0) is 0 Å². The van der Waals surface area contributed by atoms with Crippen molar-refractivity contribution in [2.24, 2.45) is 5.92 Å². The smallest absolute Gasteiger partial charge is 0.146 e. The van der Waals surface area contributed by atoms with E-state index in [1.807, 2.05) is 18.3 Å². The summed E-state index contributed by atoms with van der Waals surface area (Å²) >= 11 is 0. The number of nitriles is 1. The molecule has 0 unspecified atom stereocenters. The summed E-state index contributed by atoms with van der Waals surface area (Å²) in [6.07, 6.45) is 4.32. The van der Waals surface area contributed by atoms with E-state index in [2.05, 4.69) is 45.1 Å². The number of hydrogen-bond acceptors (Lipinski definition) is 5. The summed E-state index contributed by atoms with van der Waals surface area (Å²) in [5.41, 5.74) is 2.04. The molecular weight excluding hydrogens is 336 g/mol. The van der Waals surface area contributed by atoms with Crippen molar-refractivity contribution in [3.63, 3.8) is 0 Å². The van der Waals surface area contributed by atoms with Crippen molar-refractivity contribution in [2.45, 2.75) is 30.8 Å². The number of hydrogen-bond donors (Lipinski definition) is 0. The Morgan fingerprint density at radius 1 is 1.11 bits per heavy atom. The molecule has 3 atom stereocenters. The predicted molar refractivity (Wildman–Crippen MR) is 104 cm³/mol. The predicted octanol–water partition coefficient (Wildman–Crippen LogP) is 3.03. The lowest BCUT2D eigenvalue weighted by atomic mass is 9.75. The molecule has 0 N–H and O–H groups in total. The molecule has 2 aromatic rings. The van der Waals surface area contributed by atoms with Gasteiger partial charge in [0, 0.05) is 30.7 Å². The van der Waals surface area contributed by atoms with Gasteiger partial charge in [-0.05, 0) is 61.7 Å². The van der Waals surface area contributed by atoms with Crippen LogP contribution in [0, 0.1) is 17.2 Å². The van der Waals surface area contributed by atoms with Crippen molar-refractivity contribution in [3.05, 3.63) is 53.7 Å². The quantitative estimate of drug-likeness (QED) is 0.842. The molecule has 2 bridgehead atoms. The number of aromatic nitrogens is 1. The monoisotopic (exact) mass is 360 g/mol. The van der Waals surface area contributed by atoms with Gasteiger partial charge in [0.2, 0.25) is 0 Å². The van der Waals surface area contributed by atoms with Crippen LogP contribution in [0.3, 0.4) is 0 Å². The van der Waals surface area contributed by atoms with E-state index in [4.69, 9.17) is 4.74 Å². The number of fused-ring (bicyclic) bond motifs is 2. The largest absolute Gasteiger partial charge is 0.497 e. The summed E-state index contributed by atoms with van der Waals surface area (Å²) in [5, 5.41) is 9.61. The third kappa shape index (κ3) is 2.59. The molecule has 5 heterocycles. The van der Waals surface area contributed by atoms with Gasteiger partial charge in [-0.25, -0.2) is 4.98 Å². The Morgan fingerprint density at radius 3 is 2.59 bits per heavy atom. The van der Waals surface area contributed by atoms with Crippen LogP contribution >= 0.6 is 0 Å². The molecule has 0 spiro atoms. The summed E-state index contributed by atoms with van der Waals surface area (Å²) in [6, 6.07) is 15.6. The zero-order chi connectivity index (χ0) is 18.4. The topological polar surface area (TPSA) is 52.4 Å². The second-order valence-electron chi connectivity index (χ2n) is 7.87. The molecule has 0 aliphatic carbocycles. The van der Waals surface area contributed by atoms with Crippen molar-refractivity contribution in [2.75, 3.05) is 31.6 Å². The average molecular weight is 360 g/mol. The molecule has 6 rings (SSSR count). The van der Waals surface area contributed by atoms with E-state index in [1.165, 1.54) is 31.5 Å². The first-order chi connectivity index (χ1) is 13.3. The Morgan fingerprint density at radius 2 is 1.89 bits per heavy atom. The standard InChI is InChI=1S/C22H24N4O/c1-27-18-6-4-15(5-7-18)19-14-26(22-17(13-23)3-2-10-24-22)20-16-8-11-25(12-9-16)21(19)20/h2-7,10,16,19-21H,8-9,11-12,14H2,1H3/t19-,20+,21+/m0/s1. The van der Waals surface area contributed by atoms with Crippen molar-refractivity contribution in [1.82, 2.24) is 9.88 Å². The lowest BCUT2D eigenvalue weighted by Gasteiger charge is -2.51. The summed E-state index contributed by atoms with van der Waals surface area (Å²) in [6.45, 7) is 3.31. The van der Waals surface area contributed by atoms with Gasteiger partial charge in [0.25, 0.3) is 0 Å². The molecule has 0 radical (unpaired) electrons. The summed E-state index contributed by atoms with van der Waals surface area (Å²) in [7, 11) is 1.71. The van der Waals surface area contributed by atoms with Crippen molar-refractivity contribution in [3.8, 4) is 11.8 Å². The molecule has 5 nitrogen and oxygen atoms in total. The minimum absolute atomic E-state index is 0.428. The normalized spacial score (nSPS) is 31.4. The van der Waals surface area contributed by atoms with Gasteiger partial charge in [0.15, 0.2) is 0 Å². The van der Waals surface area contributed by atoms with E-state index in [-0.39, 0.29) is 0 Å². The number of benzene rings is 1. The van der Waals surface area contributed by atoms with E-state index in [0.29, 0.717) is 29.5 Å². The Balaban J connectivity index is 1.56. The van der Waals surface area contributed by atoms with Crippen LogP contribution in [0.25, 0.3) is 0 Å².